The van der Waals surface area contributed by atoms with Gasteiger partial charge in [0.1, 0.15) is 5.82 Å². The maximum atomic E-state index is 13.6. The summed E-state index contributed by atoms with van der Waals surface area (Å²) in [5.74, 6) is -0.585. The van der Waals surface area contributed by atoms with Gasteiger partial charge in [0, 0.05) is 18.5 Å². The molecule has 0 aromatic heterocycles. The van der Waals surface area contributed by atoms with E-state index < -0.39 is 11.9 Å². The van der Waals surface area contributed by atoms with Gasteiger partial charge in [-0.05, 0) is 30.9 Å². The van der Waals surface area contributed by atoms with Crippen LogP contribution in [0.5, 0.6) is 0 Å². The van der Waals surface area contributed by atoms with E-state index in [1.807, 2.05) is 0 Å². The highest BCUT2D eigenvalue weighted by Gasteiger charge is 2.33. The fourth-order valence-corrected chi connectivity index (χ4v) is 3.22. The largest absolute Gasteiger partial charge is 0.386 e. The molecular formula is C17H26ClFN2O2. The van der Waals surface area contributed by atoms with Crippen molar-refractivity contribution >= 4 is 18.3 Å². The fourth-order valence-electron chi connectivity index (χ4n) is 3.22. The Morgan fingerprint density at radius 3 is 2.57 bits per heavy atom. The molecule has 6 heteroatoms. The van der Waals surface area contributed by atoms with E-state index in [1.165, 1.54) is 18.6 Å². The second kappa shape index (κ2) is 9.21. The second-order valence-corrected chi connectivity index (χ2v) is 6.28. The Morgan fingerprint density at radius 1 is 1.30 bits per heavy atom. The van der Waals surface area contributed by atoms with Crippen LogP contribution in [0.4, 0.5) is 4.39 Å². The molecule has 1 amide bonds. The molecule has 1 aliphatic rings. The van der Waals surface area contributed by atoms with Crippen LogP contribution >= 0.6 is 12.4 Å². The van der Waals surface area contributed by atoms with Gasteiger partial charge in [0.25, 0.3) is 0 Å². The fraction of sp³-hybridized carbons (Fsp3) is 0.588. The Balaban J connectivity index is 0.00000264. The summed E-state index contributed by atoms with van der Waals surface area (Å²) in [5.41, 5.74) is 5.97. The lowest BCUT2D eigenvalue weighted by Crippen LogP contribution is -2.39. The number of hydrogen-bond acceptors (Lipinski definition) is 3. The molecule has 1 aromatic rings. The van der Waals surface area contributed by atoms with Crippen LogP contribution < -0.4 is 11.1 Å². The van der Waals surface area contributed by atoms with Gasteiger partial charge in [-0.25, -0.2) is 4.39 Å². The molecule has 0 aliphatic heterocycles. The van der Waals surface area contributed by atoms with Crippen LogP contribution in [-0.2, 0) is 4.79 Å². The summed E-state index contributed by atoms with van der Waals surface area (Å²) >= 11 is 0. The van der Waals surface area contributed by atoms with E-state index in [-0.39, 0.29) is 35.8 Å². The molecule has 2 rings (SSSR count). The van der Waals surface area contributed by atoms with Crippen molar-refractivity contribution in [1.82, 2.24) is 5.32 Å². The van der Waals surface area contributed by atoms with Crippen molar-refractivity contribution in [3.63, 3.8) is 0 Å². The van der Waals surface area contributed by atoms with Crippen LogP contribution in [-0.4, -0.2) is 24.1 Å². The quantitative estimate of drug-likeness (QED) is 0.742. The number of hydrogen-bond donors (Lipinski definition) is 3. The highest BCUT2D eigenvalue weighted by atomic mass is 35.5. The van der Waals surface area contributed by atoms with Crippen LogP contribution in [0, 0.1) is 11.2 Å². The SMILES string of the molecule is Cl.NCC1(CC(=O)NCC(O)c2ccccc2F)CCCCC1. The Morgan fingerprint density at radius 2 is 1.96 bits per heavy atom. The minimum atomic E-state index is -1.04. The number of aliphatic hydroxyl groups is 1. The molecule has 1 atom stereocenters. The van der Waals surface area contributed by atoms with Gasteiger partial charge in [-0.15, -0.1) is 12.4 Å². The maximum absolute atomic E-state index is 13.6. The number of carbonyl (C=O) groups excluding carboxylic acids is 1. The van der Waals surface area contributed by atoms with Gasteiger partial charge in [-0.2, -0.15) is 0 Å². The van der Waals surface area contributed by atoms with Crippen LogP contribution in [0.15, 0.2) is 24.3 Å². The van der Waals surface area contributed by atoms with Crippen LogP contribution in [0.1, 0.15) is 50.2 Å². The molecular weight excluding hydrogens is 319 g/mol. The first-order valence-electron chi connectivity index (χ1n) is 7.96. The molecule has 23 heavy (non-hydrogen) atoms. The summed E-state index contributed by atoms with van der Waals surface area (Å²) in [6, 6.07) is 6.05. The Hall–Kier alpha value is -1.17. The minimum absolute atomic E-state index is 0. The molecule has 0 heterocycles. The first-order valence-corrected chi connectivity index (χ1v) is 7.96. The summed E-state index contributed by atoms with van der Waals surface area (Å²) < 4.78 is 13.6. The van der Waals surface area contributed by atoms with Gasteiger partial charge in [0.2, 0.25) is 5.91 Å². The molecule has 0 saturated heterocycles. The number of amides is 1. The molecule has 0 spiro atoms. The van der Waals surface area contributed by atoms with Crippen molar-refractivity contribution < 1.29 is 14.3 Å². The zero-order valence-electron chi connectivity index (χ0n) is 13.3. The number of carbonyl (C=O) groups is 1. The molecule has 1 saturated carbocycles. The van der Waals surface area contributed by atoms with Gasteiger partial charge in [-0.3, -0.25) is 4.79 Å². The third-order valence-corrected chi connectivity index (χ3v) is 4.64. The van der Waals surface area contributed by atoms with E-state index in [4.69, 9.17) is 5.73 Å². The zero-order valence-corrected chi connectivity index (χ0v) is 14.1. The standard InChI is InChI=1S/C17H25FN2O2.ClH/c18-14-7-3-2-6-13(14)15(21)11-20-16(22)10-17(12-19)8-4-1-5-9-17;/h2-3,6-7,15,21H,1,4-5,8-12,19H2,(H,20,22);1H. The van der Waals surface area contributed by atoms with Crippen molar-refractivity contribution in [3.05, 3.63) is 35.6 Å². The molecule has 1 aromatic carbocycles. The van der Waals surface area contributed by atoms with Crippen LogP contribution in [0.3, 0.4) is 0 Å². The third-order valence-electron chi connectivity index (χ3n) is 4.64. The van der Waals surface area contributed by atoms with E-state index >= 15 is 0 Å². The predicted molar refractivity (Wildman–Crippen MR) is 90.8 cm³/mol. The zero-order chi connectivity index (χ0) is 16.0. The molecule has 0 bridgehead atoms. The van der Waals surface area contributed by atoms with Crippen molar-refractivity contribution in [3.8, 4) is 0 Å². The molecule has 0 radical (unpaired) electrons. The number of benzene rings is 1. The number of halogens is 2. The second-order valence-electron chi connectivity index (χ2n) is 6.28. The molecule has 1 fully saturated rings. The summed E-state index contributed by atoms with van der Waals surface area (Å²) in [7, 11) is 0. The predicted octanol–water partition coefficient (Wildman–Crippen LogP) is 2.70. The van der Waals surface area contributed by atoms with Crippen LogP contribution in [0.25, 0.3) is 0 Å². The third kappa shape index (κ3) is 5.44. The lowest BCUT2D eigenvalue weighted by Gasteiger charge is -2.35. The average Bonchev–Trinajstić information content (AvgIpc) is 2.54. The minimum Gasteiger partial charge on any atom is -0.386 e. The van der Waals surface area contributed by atoms with Gasteiger partial charge in [0.15, 0.2) is 0 Å². The topological polar surface area (TPSA) is 75.4 Å². The highest BCUT2D eigenvalue weighted by molar-refractivity contribution is 5.85. The highest BCUT2D eigenvalue weighted by Crippen LogP contribution is 2.38. The Bertz CT molecular complexity index is 507. The Kier molecular flexibility index (Phi) is 7.95. The number of nitrogens with two attached hydrogens (primary N) is 1. The molecule has 4 N–H and O–H groups in total. The lowest BCUT2D eigenvalue weighted by molar-refractivity contribution is -0.124. The number of aliphatic hydroxyl groups excluding tert-OH is 1. The monoisotopic (exact) mass is 344 g/mol. The lowest BCUT2D eigenvalue weighted by atomic mass is 9.71. The normalized spacial score (nSPS) is 17.9. The molecule has 1 aliphatic carbocycles. The van der Waals surface area contributed by atoms with E-state index in [0.717, 1.165) is 25.7 Å². The van der Waals surface area contributed by atoms with Gasteiger partial charge in [-0.1, -0.05) is 37.5 Å². The summed E-state index contributed by atoms with van der Waals surface area (Å²) in [4.78, 5) is 12.1. The summed E-state index contributed by atoms with van der Waals surface area (Å²) in [5, 5.41) is 12.7. The smallest absolute Gasteiger partial charge is 0.220 e. The Labute approximate surface area is 143 Å². The maximum Gasteiger partial charge on any atom is 0.220 e. The van der Waals surface area contributed by atoms with E-state index in [9.17, 15) is 14.3 Å². The van der Waals surface area contributed by atoms with Crippen molar-refractivity contribution in [2.75, 3.05) is 13.1 Å². The van der Waals surface area contributed by atoms with Crippen molar-refractivity contribution in [2.24, 2.45) is 11.1 Å². The number of nitrogens with one attached hydrogen (secondary N) is 1. The molecule has 1 unspecified atom stereocenters. The molecule has 4 nitrogen and oxygen atoms in total. The van der Waals surface area contributed by atoms with Gasteiger partial charge < -0.3 is 16.2 Å². The first kappa shape index (κ1) is 19.9. The first-order chi connectivity index (χ1) is 10.6. The van der Waals surface area contributed by atoms with Gasteiger partial charge in [0.05, 0.1) is 6.10 Å². The molecule has 130 valence electrons. The summed E-state index contributed by atoms with van der Waals surface area (Å²) in [6.07, 6.45) is 4.73. The van der Waals surface area contributed by atoms with E-state index in [0.29, 0.717) is 13.0 Å². The van der Waals surface area contributed by atoms with Crippen molar-refractivity contribution in [2.45, 2.75) is 44.6 Å². The average molecular weight is 345 g/mol. The van der Waals surface area contributed by atoms with E-state index in [2.05, 4.69) is 5.32 Å². The van der Waals surface area contributed by atoms with E-state index in [1.54, 1.807) is 12.1 Å². The summed E-state index contributed by atoms with van der Waals surface area (Å²) in [6.45, 7) is 0.525. The van der Waals surface area contributed by atoms with Crippen molar-refractivity contribution in [1.29, 1.82) is 0 Å². The number of rotatable bonds is 6. The van der Waals surface area contributed by atoms with Gasteiger partial charge >= 0.3 is 0 Å². The van der Waals surface area contributed by atoms with Crippen LogP contribution in [0.2, 0.25) is 0 Å².